The molecule has 0 saturated carbocycles. The lowest BCUT2D eigenvalue weighted by Crippen LogP contribution is -2.53. The molecule has 18 heavy (non-hydrogen) atoms. The predicted molar refractivity (Wildman–Crippen MR) is 80.0 cm³/mol. The van der Waals surface area contributed by atoms with E-state index in [9.17, 15) is 4.79 Å². The van der Waals surface area contributed by atoms with Crippen molar-refractivity contribution < 1.29 is 4.79 Å². The zero-order chi connectivity index (χ0) is 13.4. The summed E-state index contributed by atoms with van der Waals surface area (Å²) in [6.45, 7) is 6.22. The Morgan fingerprint density at radius 2 is 2.28 bits per heavy atom. The van der Waals surface area contributed by atoms with Crippen LogP contribution < -0.4 is 10.6 Å². The van der Waals surface area contributed by atoms with E-state index in [0.717, 1.165) is 50.9 Å². The number of hydrogen-bond acceptors (Lipinski definition) is 3. The fourth-order valence-corrected chi connectivity index (χ4v) is 3.49. The van der Waals surface area contributed by atoms with Crippen LogP contribution >= 0.6 is 11.8 Å². The average molecular weight is 272 g/mol. The summed E-state index contributed by atoms with van der Waals surface area (Å²) in [5.41, 5.74) is -0.154. The van der Waals surface area contributed by atoms with Crippen molar-refractivity contribution in [2.45, 2.75) is 52.0 Å². The summed E-state index contributed by atoms with van der Waals surface area (Å²) in [7, 11) is 0. The Morgan fingerprint density at radius 3 is 2.78 bits per heavy atom. The molecule has 0 spiro atoms. The highest BCUT2D eigenvalue weighted by molar-refractivity contribution is 7.98. The largest absolute Gasteiger partial charge is 0.352 e. The van der Waals surface area contributed by atoms with Crippen molar-refractivity contribution in [1.82, 2.24) is 10.6 Å². The molecule has 1 heterocycles. The molecule has 0 aromatic carbocycles. The van der Waals surface area contributed by atoms with Gasteiger partial charge in [0.05, 0.1) is 5.41 Å². The maximum absolute atomic E-state index is 12.6. The number of thioether (sulfide) groups is 1. The van der Waals surface area contributed by atoms with Gasteiger partial charge in [-0.15, -0.1) is 0 Å². The molecule has 0 bridgehead atoms. The van der Waals surface area contributed by atoms with Gasteiger partial charge in [0.15, 0.2) is 0 Å². The Balaban J connectivity index is 2.63. The molecule has 2 atom stereocenters. The van der Waals surface area contributed by atoms with Crippen LogP contribution in [-0.4, -0.2) is 37.0 Å². The van der Waals surface area contributed by atoms with E-state index in [4.69, 9.17) is 0 Å². The van der Waals surface area contributed by atoms with Crippen molar-refractivity contribution in [3.05, 3.63) is 0 Å². The second-order valence-corrected chi connectivity index (χ2v) is 6.26. The topological polar surface area (TPSA) is 41.1 Å². The first kappa shape index (κ1) is 15.8. The van der Waals surface area contributed by atoms with E-state index in [1.165, 1.54) is 0 Å². The molecule has 0 aromatic heterocycles. The summed E-state index contributed by atoms with van der Waals surface area (Å²) in [5.74, 6) is 1.29. The highest BCUT2D eigenvalue weighted by Gasteiger charge is 2.39. The summed E-state index contributed by atoms with van der Waals surface area (Å²) in [5, 5.41) is 6.66. The van der Waals surface area contributed by atoms with E-state index in [0.29, 0.717) is 6.04 Å². The number of amides is 1. The van der Waals surface area contributed by atoms with Crippen LogP contribution in [0.5, 0.6) is 0 Å². The second kappa shape index (κ2) is 8.05. The Morgan fingerprint density at radius 1 is 1.50 bits per heavy atom. The molecule has 1 amide bonds. The Bertz CT molecular complexity index is 247. The lowest BCUT2D eigenvalue weighted by molar-refractivity contribution is -0.133. The molecule has 1 aliphatic rings. The molecule has 3 nitrogen and oxygen atoms in total. The smallest absolute Gasteiger partial charge is 0.227 e. The molecule has 1 rings (SSSR count). The molecule has 0 aliphatic carbocycles. The molecule has 0 aromatic rings. The number of nitrogens with one attached hydrogen (secondary N) is 2. The molecular weight excluding hydrogens is 244 g/mol. The van der Waals surface area contributed by atoms with Gasteiger partial charge in [0.25, 0.3) is 0 Å². The summed E-state index contributed by atoms with van der Waals surface area (Å²) in [4.78, 5) is 12.6. The quantitative estimate of drug-likeness (QED) is 0.748. The minimum Gasteiger partial charge on any atom is -0.352 e. The molecule has 106 valence electrons. The third-order valence-corrected chi connectivity index (χ3v) is 4.61. The summed E-state index contributed by atoms with van der Waals surface area (Å²) in [6, 6.07) is 0.322. The monoisotopic (exact) mass is 272 g/mol. The third-order valence-electron chi connectivity index (χ3n) is 3.88. The van der Waals surface area contributed by atoms with Gasteiger partial charge in [-0.05, 0) is 38.5 Å². The van der Waals surface area contributed by atoms with Crippen LogP contribution in [0, 0.1) is 5.41 Å². The summed E-state index contributed by atoms with van der Waals surface area (Å²) >= 11 is 1.80. The van der Waals surface area contributed by atoms with E-state index in [-0.39, 0.29) is 11.3 Å². The SMILES string of the molecule is CCCC1(C(=O)NC(CC)CSC)CCCNC1. The van der Waals surface area contributed by atoms with Crippen molar-refractivity contribution in [2.24, 2.45) is 5.41 Å². The van der Waals surface area contributed by atoms with Gasteiger partial charge in [-0.2, -0.15) is 11.8 Å². The first-order valence-corrected chi connectivity index (χ1v) is 8.58. The average Bonchev–Trinajstić information content (AvgIpc) is 2.39. The fraction of sp³-hybridized carbons (Fsp3) is 0.929. The van der Waals surface area contributed by atoms with Crippen molar-refractivity contribution in [3.63, 3.8) is 0 Å². The van der Waals surface area contributed by atoms with Gasteiger partial charge in [0.2, 0.25) is 5.91 Å². The molecule has 1 fully saturated rings. The van der Waals surface area contributed by atoms with Gasteiger partial charge in [0, 0.05) is 18.3 Å². The van der Waals surface area contributed by atoms with Gasteiger partial charge >= 0.3 is 0 Å². The van der Waals surface area contributed by atoms with Crippen LogP contribution in [0.4, 0.5) is 0 Å². The van der Waals surface area contributed by atoms with Crippen LogP contribution in [0.3, 0.4) is 0 Å². The van der Waals surface area contributed by atoms with Gasteiger partial charge in [0.1, 0.15) is 0 Å². The lowest BCUT2D eigenvalue weighted by atomic mass is 9.76. The minimum absolute atomic E-state index is 0.154. The molecule has 2 N–H and O–H groups in total. The number of piperidine rings is 1. The van der Waals surface area contributed by atoms with Crippen LogP contribution in [0.2, 0.25) is 0 Å². The van der Waals surface area contributed by atoms with Gasteiger partial charge < -0.3 is 10.6 Å². The molecule has 4 heteroatoms. The standard InChI is InChI=1S/C14H28N2OS/c1-4-7-14(8-6-9-15-11-14)13(17)16-12(5-2)10-18-3/h12,15H,4-11H2,1-3H3,(H,16,17). The van der Waals surface area contributed by atoms with Crippen molar-refractivity contribution >= 4 is 17.7 Å². The Hall–Kier alpha value is -0.220. The Labute approximate surface area is 116 Å². The highest BCUT2D eigenvalue weighted by atomic mass is 32.2. The van der Waals surface area contributed by atoms with Gasteiger partial charge in [-0.1, -0.05) is 20.3 Å². The lowest BCUT2D eigenvalue weighted by Gasteiger charge is -2.37. The Kier molecular flexibility index (Phi) is 7.08. The number of carbonyl (C=O) groups excluding carboxylic acids is 1. The zero-order valence-corrected chi connectivity index (χ0v) is 12.9. The van der Waals surface area contributed by atoms with Crippen LogP contribution in [0.25, 0.3) is 0 Å². The first-order valence-electron chi connectivity index (χ1n) is 7.19. The number of rotatable bonds is 7. The molecule has 2 unspecified atom stereocenters. The molecule has 1 saturated heterocycles. The number of carbonyl (C=O) groups is 1. The minimum atomic E-state index is -0.154. The van der Waals surface area contributed by atoms with Crippen molar-refractivity contribution in [2.75, 3.05) is 25.1 Å². The van der Waals surface area contributed by atoms with E-state index in [1.807, 2.05) is 0 Å². The summed E-state index contributed by atoms with van der Waals surface area (Å²) in [6.07, 6.45) is 7.35. The second-order valence-electron chi connectivity index (χ2n) is 5.34. The first-order chi connectivity index (χ1) is 8.68. The van der Waals surface area contributed by atoms with E-state index < -0.39 is 0 Å². The van der Waals surface area contributed by atoms with Crippen molar-refractivity contribution in [3.8, 4) is 0 Å². The van der Waals surface area contributed by atoms with Crippen molar-refractivity contribution in [1.29, 1.82) is 0 Å². The normalized spacial score (nSPS) is 25.7. The zero-order valence-electron chi connectivity index (χ0n) is 12.1. The van der Waals surface area contributed by atoms with Gasteiger partial charge in [-0.25, -0.2) is 0 Å². The molecule has 1 aliphatic heterocycles. The highest BCUT2D eigenvalue weighted by Crippen LogP contribution is 2.32. The number of hydrogen-bond donors (Lipinski definition) is 2. The summed E-state index contributed by atoms with van der Waals surface area (Å²) < 4.78 is 0. The van der Waals surface area contributed by atoms with E-state index in [2.05, 4.69) is 30.7 Å². The van der Waals surface area contributed by atoms with E-state index >= 15 is 0 Å². The van der Waals surface area contributed by atoms with Crippen LogP contribution in [0.1, 0.15) is 46.0 Å². The van der Waals surface area contributed by atoms with E-state index in [1.54, 1.807) is 11.8 Å². The maximum Gasteiger partial charge on any atom is 0.227 e. The molecular formula is C14H28N2OS. The molecule has 0 radical (unpaired) electrons. The third kappa shape index (κ3) is 4.16. The predicted octanol–water partition coefficient (Wildman–Crippen LogP) is 2.41. The fourth-order valence-electron chi connectivity index (χ4n) is 2.77. The van der Waals surface area contributed by atoms with Crippen LogP contribution in [-0.2, 0) is 4.79 Å². The maximum atomic E-state index is 12.6. The van der Waals surface area contributed by atoms with Crippen LogP contribution in [0.15, 0.2) is 0 Å². The van der Waals surface area contributed by atoms with Gasteiger partial charge in [-0.3, -0.25) is 4.79 Å².